The molecule has 28 heavy (non-hydrogen) atoms. The van der Waals surface area contributed by atoms with Crippen molar-refractivity contribution >= 4 is 22.7 Å². The van der Waals surface area contributed by atoms with E-state index in [9.17, 15) is 4.79 Å². The van der Waals surface area contributed by atoms with Gasteiger partial charge in [0.2, 0.25) is 0 Å². The van der Waals surface area contributed by atoms with Gasteiger partial charge in [0.25, 0.3) is 0 Å². The van der Waals surface area contributed by atoms with Crippen molar-refractivity contribution in [2.45, 2.75) is 0 Å². The number of rotatable bonds is 4. The fourth-order valence-corrected chi connectivity index (χ4v) is 3.15. The molecular weight excluding hydrogens is 358 g/mol. The Kier molecular flexibility index (Phi) is 4.36. The number of hydrogen-bond acceptors (Lipinski definition) is 5. The van der Waals surface area contributed by atoms with Gasteiger partial charge >= 0.3 is 6.09 Å². The van der Waals surface area contributed by atoms with Gasteiger partial charge in [-0.1, -0.05) is 30.3 Å². The number of carboxylic acid groups (broad SMARTS) is 1. The van der Waals surface area contributed by atoms with Crippen molar-refractivity contribution in [3.8, 4) is 28.3 Å². The summed E-state index contributed by atoms with van der Waals surface area (Å²) in [6, 6.07) is 13.2. The van der Waals surface area contributed by atoms with E-state index in [1.54, 1.807) is 16.8 Å². The molecule has 0 aliphatic carbocycles. The maximum absolute atomic E-state index is 11.2. The van der Waals surface area contributed by atoms with Gasteiger partial charge in [-0.05, 0) is 6.07 Å². The van der Waals surface area contributed by atoms with Crippen molar-refractivity contribution in [2.75, 3.05) is 12.4 Å². The highest BCUT2D eigenvalue weighted by Gasteiger charge is 2.18. The standard InChI is InChI=1S/C20H17N5O3/c1-25-10-14(18(24-25)12-6-4-3-5-7-12)19-13-8-16(23-20(26)27)17(28-2)9-15(13)21-11-22-19/h3-11,23H,1-2H3,(H,26,27). The largest absolute Gasteiger partial charge is 0.494 e. The molecule has 0 atom stereocenters. The zero-order valence-corrected chi connectivity index (χ0v) is 15.2. The maximum Gasteiger partial charge on any atom is 0.409 e. The molecule has 2 heterocycles. The summed E-state index contributed by atoms with van der Waals surface area (Å²) in [5.41, 5.74) is 4.19. The summed E-state index contributed by atoms with van der Waals surface area (Å²) in [5.74, 6) is 0.383. The molecule has 0 aliphatic heterocycles. The van der Waals surface area contributed by atoms with Gasteiger partial charge in [-0.3, -0.25) is 10.00 Å². The first-order valence-electron chi connectivity index (χ1n) is 8.49. The number of aromatic nitrogens is 4. The van der Waals surface area contributed by atoms with Crippen LogP contribution in [0.2, 0.25) is 0 Å². The van der Waals surface area contributed by atoms with E-state index < -0.39 is 6.09 Å². The van der Waals surface area contributed by atoms with Gasteiger partial charge in [0.1, 0.15) is 17.8 Å². The number of aryl methyl sites for hydroxylation is 1. The van der Waals surface area contributed by atoms with E-state index in [0.717, 1.165) is 16.8 Å². The van der Waals surface area contributed by atoms with Crippen LogP contribution in [0.4, 0.5) is 10.5 Å². The van der Waals surface area contributed by atoms with Crippen LogP contribution in [0.5, 0.6) is 5.75 Å². The van der Waals surface area contributed by atoms with E-state index in [0.29, 0.717) is 28.0 Å². The van der Waals surface area contributed by atoms with Crippen molar-refractivity contribution in [2.24, 2.45) is 7.05 Å². The number of fused-ring (bicyclic) bond motifs is 1. The van der Waals surface area contributed by atoms with E-state index in [-0.39, 0.29) is 0 Å². The Balaban J connectivity index is 1.97. The first kappa shape index (κ1) is 17.5. The second-order valence-corrected chi connectivity index (χ2v) is 6.15. The van der Waals surface area contributed by atoms with Crippen LogP contribution < -0.4 is 10.1 Å². The Morgan fingerprint density at radius 2 is 1.93 bits per heavy atom. The second-order valence-electron chi connectivity index (χ2n) is 6.15. The zero-order chi connectivity index (χ0) is 19.7. The molecule has 0 aliphatic rings. The van der Waals surface area contributed by atoms with E-state index in [1.165, 1.54) is 13.4 Å². The normalized spacial score (nSPS) is 10.8. The van der Waals surface area contributed by atoms with E-state index >= 15 is 0 Å². The third-order valence-electron chi connectivity index (χ3n) is 4.33. The highest BCUT2D eigenvalue weighted by Crippen LogP contribution is 2.37. The number of carbonyl (C=O) groups is 1. The predicted molar refractivity (Wildman–Crippen MR) is 105 cm³/mol. The molecule has 140 valence electrons. The minimum Gasteiger partial charge on any atom is -0.494 e. The lowest BCUT2D eigenvalue weighted by atomic mass is 10.0. The molecular formula is C20H17N5O3. The van der Waals surface area contributed by atoms with Gasteiger partial charge in [-0.15, -0.1) is 0 Å². The van der Waals surface area contributed by atoms with Crippen LogP contribution in [0.1, 0.15) is 0 Å². The zero-order valence-electron chi connectivity index (χ0n) is 15.2. The molecule has 0 spiro atoms. The molecule has 8 nitrogen and oxygen atoms in total. The van der Waals surface area contributed by atoms with Gasteiger partial charge in [0, 0.05) is 35.8 Å². The first-order chi connectivity index (χ1) is 13.6. The van der Waals surface area contributed by atoms with Crippen molar-refractivity contribution < 1.29 is 14.6 Å². The summed E-state index contributed by atoms with van der Waals surface area (Å²) in [6.07, 6.45) is 2.18. The number of benzene rings is 2. The lowest BCUT2D eigenvalue weighted by Gasteiger charge is -2.11. The number of ether oxygens (including phenoxy) is 1. The smallest absolute Gasteiger partial charge is 0.409 e. The Labute approximate surface area is 160 Å². The van der Waals surface area contributed by atoms with Crippen LogP contribution >= 0.6 is 0 Å². The van der Waals surface area contributed by atoms with Crippen molar-refractivity contribution in [3.05, 3.63) is 55.0 Å². The summed E-state index contributed by atoms with van der Waals surface area (Å²) in [6.45, 7) is 0. The molecule has 1 amide bonds. The Morgan fingerprint density at radius 3 is 2.64 bits per heavy atom. The number of hydrogen-bond donors (Lipinski definition) is 2. The van der Waals surface area contributed by atoms with Gasteiger partial charge in [-0.25, -0.2) is 14.8 Å². The molecule has 4 aromatic rings. The van der Waals surface area contributed by atoms with Crippen LogP contribution in [-0.2, 0) is 7.05 Å². The summed E-state index contributed by atoms with van der Waals surface area (Å²) >= 11 is 0. The van der Waals surface area contributed by atoms with Crippen LogP contribution in [-0.4, -0.2) is 38.1 Å². The van der Waals surface area contributed by atoms with E-state index in [1.807, 2.05) is 43.6 Å². The van der Waals surface area contributed by atoms with Crippen molar-refractivity contribution in [3.63, 3.8) is 0 Å². The van der Waals surface area contributed by atoms with Crippen LogP contribution in [0.15, 0.2) is 55.0 Å². The SMILES string of the molecule is COc1cc2ncnc(-c3cn(C)nc3-c3ccccc3)c2cc1NC(=O)O. The maximum atomic E-state index is 11.2. The Hall–Kier alpha value is -3.94. The molecule has 2 aromatic carbocycles. The molecule has 0 saturated carbocycles. The molecule has 4 rings (SSSR count). The predicted octanol–water partition coefficient (Wildman–Crippen LogP) is 3.80. The van der Waals surface area contributed by atoms with Gasteiger partial charge in [0.15, 0.2) is 0 Å². The minimum absolute atomic E-state index is 0.323. The Morgan fingerprint density at radius 1 is 1.14 bits per heavy atom. The van der Waals surface area contributed by atoms with Crippen LogP contribution in [0.25, 0.3) is 33.4 Å². The van der Waals surface area contributed by atoms with E-state index in [4.69, 9.17) is 9.84 Å². The van der Waals surface area contributed by atoms with Crippen LogP contribution in [0, 0.1) is 0 Å². The van der Waals surface area contributed by atoms with Crippen molar-refractivity contribution in [1.29, 1.82) is 0 Å². The summed E-state index contributed by atoms with van der Waals surface area (Å²) in [7, 11) is 3.32. The second kappa shape index (κ2) is 6.99. The number of anilines is 1. The van der Waals surface area contributed by atoms with Gasteiger partial charge in [0.05, 0.1) is 24.0 Å². The molecule has 8 heteroatoms. The molecule has 0 unspecified atom stereocenters. The number of nitrogens with one attached hydrogen (secondary N) is 1. The number of nitrogens with zero attached hydrogens (tertiary/aromatic N) is 4. The fraction of sp³-hybridized carbons (Fsp3) is 0.100. The van der Waals surface area contributed by atoms with Crippen LogP contribution in [0.3, 0.4) is 0 Å². The quantitative estimate of drug-likeness (QED) is 0.562. The molecule has 0 fully saturated rings. The molecule has 0 bridgehead atoms. The molecule has 0 radical (unpaired) electrons. The summed E-state index contributed by atoms with van der Waals surface area (Å²) in [5, 5.41) is 16.8. The lowest BCUT2D eigenvalue weighted by Crippen LogP contribution is -2.08. The monoisotopic (exact) mass is 375 g/mol. The highest BCUT2D eigenvalue weighted by atomic mass is 16.5. The van der Waals surface area contributed by atoms with Gasteiger partial charge < -0.3 is 9.84 Å². The molecule has 2 N–H and O–H groups in total. The molecule has 0 saturated heterocycles. The average molecular weight is 375 g/mol. The third-order valence-corrected chi connectivity index (χ3v) is 4.33. The number of amides is 1. The summed E-state index contributed by atoms with van der Waals surface area (Å²) in [4.78, 5) is 19.9. The van der Waals surface area contributed by atoms with Crippen molar-refractivity contribution in [1.82, 2.24) is 19.7 Å². The lowest BCUT2D eigenvalue weighted by molar-refractivity contribution is 0.209. The topological polar surface area (TPSA) is 102 Å². The Bertz CT molecular complexity index is 1170. The minimum atomic E-state index is -1.18. The fourth-order valence-electron chi connectivity index (χ4n) is 3.15. The first-order valence-corrected chi connectivity index (χ1v) is 8.49. The number of methoxy groups -OCH3 is 1. The summed E-state index contributed by atoms with van der Waals surface area (Å²) < 4.78 is 7.02. The highest BCUT2D eigenvalue weighted by molar-refractivity contribution is 6.00. The van der Waals surface area contributed by atoms with E-state index in [2.05, 4.69) is 20.4 Å². The van der Waals surface area contributed by atoms with Gasteiger partial charge in [-0.2, -0.15) is 5.10 Å². The molecule has 2 aromatic heterocycles. The average Bonchev–Trinajstić information content (AvgIpc) is 3.08. The third kappa shape index (κ3) is 3.11.